The highest BCUT2D eigenvalue weighted by molar-refractivity contribution is 5.97. The summed E-state index contributed by atoms with van der Waals surface area (Å²) < 4.78 is 6.27. The van der Waals surface area contributed by atoms with Gasteiger partial charge in [-0.3, -0.25) is 14.2 Å². The Morgan fingerprint density at radius 1 is 1.50 bits per heavy atom. The molecule has 0 radical (unpaired) electrons. The lowest BCUT2D eigenvalue weighted by Crippen LogP contribution is -2.51. The Morgan fingerprint density at radius 3 is 2.80 bits per heavy atom. The van der Waals surface area contributed by atoms with Crippen molar-refractivity contribution in [2.45, 2.75) is 24.5 Å². The van der Waals surface area contributed by atoms with E-state index in [9.17, 15) is 24.9 Å². The van der Waals surface area contributed by atoms with Crippen molar-refractivity contribution in [2.24, 2.45) is 5.73 Å². The third-order valence-electron chi connectivity index (χ3n) is 2.97. The second kappa shape index (κ2) is 5.54. The molecule has 2 heterocycles. The van der Waals surface area contributed by atoms with Gasteiger partial charge in [0.2, 0.25) is 6.41 Å². The van der Waals surface area contributed by atoms with Crippen molar-refractivity contribution in [3.63, 3.8) is 0 Å². The minimum Gasteiger partial charge on any atom is -0.388 e. The number of anilines is 1. The van der Waals surface area contributed by atoms with Gasteiger partial charge in [-0.05, 0) is 0 Å². The van der Waals surface area contributed by atoms with Crippen LogP contribution in [0, 0.1) is 0 Å². The van der Waals surface area contributed by atoms with Crippen LogP contribution in [0.1, 0.15) is 16.7 Å². The number of rotatable bonds is 4. The number of hydrogen-bond acceptors (Lipinski definition) is 7. The average molecular weight is 286 g/mol. The van der Waals surface area contributed by atoms with Crippen LogP contribution in [0.4, 0.5) is 5.82 Å². The minimum atomic E-state index is -1.49. The van der Waals surface area contributed by atoms with Gasteiger partial charge in [0.1, 0.15) is 18.3 Å². The lowest BCUT2D eigenvalue weighted by molar-refractivity contribution is -0.211. The highest BCUT2D eigenvalue weighted by Gasteiger charge is 2.40. The number of aromatic nitrogens is 2. The number of aliphatic hydroxyl groups excluding tert-OH is 3. The summed E-state index contributed by atoms with van der Waals surface area (Å²) in [5, 5.41) is 31.1. The maximum Gasteiger partial charge on any atom is 0.269 e. The molecule has 20 heavy (non-hydrogen) atoms. The molecule has 6 N–H and O–H groups in total. The fourth-order valence-corrected chi connectivity index (χ4v) is 1.99. The van der Waals surface area contributed by atoms with Gasteiger partial charge < -0.3 is 31.1 Å². The van der Waals surface area contributed by atoms with Crippen LogP contribution in [0.15, 0.2) is 6.33 Å². The minimum absolute atomic E-state index is 0.0936. The lowest BCUT2D eigenvalue weighted by Gasteiger charge is -2.36. The van der Waals surface area contributed by atoms with Crippen LogP contribution in [0.3, 0.4) is 0 Å². The molecule has 1 aliphatic heterocycles. The van der Waals surface area contributed by atoms with E-state index in [1.807, 2.05) is 0 Å². The topological polar surface area (TPSA) is 160 Å². The molecule has 0 bridgehead atoms. The second-order valence-electron chi connectivity index (χ2n) is 4.25. The van der Waals surface area contributed by atoms with Crippen LogP contribution in [-0.4, -0.2) is 62.1 Å². The third-order valence-corrected chi connectivity index (χ3v) is 2.97. The van der Waals surface area contributed by atoms with Crippen LogP contribution in [-0.2, 0) is 9.53 Å². The van der Waals surface area contributed by atoms with Crippen molar-refractivity contribution >= 4 is 18.1 Å². The van der Waals surface area contributed by atoms with Crippen molar-refractivity contribution in [1.82, 2.24) is 9.55 Å². The lowest BCUT2D eigenvalue weighted by atomic mass is 10.0. The summed E-state index contributed by atoms with van der Waals surface area (Å²) in [5.41, 5.74) is 5.01. The van der Waals surface area contributed by atoms with Crippen LogP contribution < -0.4 is 11.1 Å². The van der Waals surface area contributed by atoms with Gasteiger partial charge in [-0.2, -0.15) is 0 Å². The van der Waals surface area contributed by atoms with E-state index >= 15 is 0 Å². The highest BCUT2D eigenvalue weighted by Crippen LogP contribution is 2.27. The Bertz CT molecular complexity index is 518. The Labute approximate surface area is 112 Å². The fourth-order valence-electron chi connectivity index (χ4n) is 1.99. The highest BCUT2D eigenvalue weighted by atomic mass is 16.5. The molecule has 0 spiro atoms. The molecular formula is C10H14N4O6. The first kappa shape index (κ1) is 14.4. The Morgan fingerprint density at radius 2 is 2.20 bits per heavy atom. The summed E-state index contributed by atoms with van der Waals surface area (Å²) >= 11 is 0. The first-order valence-electron chi connectivity index (χ1n) is 5.70. The molecule has 1 aromatic rings. The van der Waals surface area contributed by atoms with Gasteiger partial charge in [0.15, 0.2) is 17.7 Å². The number of ether oxygens (including phenoxy) is 1. The first-order valence-corrected chi connectivity index (χ1v) is 5.70. The van der Waals surface area contributed by atoms with Gasteiger partial charge in [0.05, 0.1) is 12.9 Å². The van der Waals surface area contributed by atoms with Crippen molar-refractivity contribution in [3.05, 3.63) is 12.0 Å². The summed E-state index contributed by atoms with van der Waals surface area (Å²) in [5.74, 6) is -0.993. The van der Waals surface area contributed by atoms with Gasteiger partial charge in [-0.25, -0.2) is 4.98 Å². The molecule has 0 unspecified atom stereocenters. The largest absolute Gasteiger partial charge is 0.388 e. The predicted octanol–water partition coefficient (Wildman–Crippen LogP) is -2.84. The van der Waals surface area contributed by atoms with Crippen LogP contribution >= 0.6 is 0 Å². The van der Waals surface area contributed by atoms with E-state index in [4.69, 9.17) is 10.5 Å². The molecule has 0 saturated carbocycles. The molecule has 0 aromatic carbocycles. The Hall–Kier alpha value is -2.01. The number of imidazole rings is 1. The normalized spacial score (nSPS) is 29.9. The van der Waals surface area contributed by atoms with E-state index in [2.05, 4.69) is 10.3 Å². The SMILES string of the molecule is NC(=O)c1c(NC=O)ncn1[C@@H]1OC[C@@H](O)[C@@H](O)[C@H]1O. The molecule has 10 nitrogen and oxygen atoms in total. The number of primary amides is 1. The molecular weight excluding hydrogens is 272 g/mol. The molecule has 1 aromatic heterocycles. The number of carbonyl (C=O) groups is 2. The molecule has 4 atom stereocenters. The number of nitrogens with two attached hydrogens (primary N) is 1. The van der Waals surface area contributed by atoms with Gasteiger partial charge in [-0.15, -0.1) is 0 Å². The Balaban J connectivity index is 2.37. The molecule has 1 fully saturated rings. The zero-order chi connectivity index (χ0) is 14.9. The van der Waals surface area contributed by atoms with Gasteiger partial charge >= 0.3 is 0 Å². The van der Waals surface area contributed by atoms with Crippen LogP contribution in [0.2, 0.25) is 0 Å². The van der Waals surface area contributed by atoms with Gasteiger partial charge in [-0.1, -0.05) is 0 Å². The van der Waals surface area contributed by atoms with Gasteiger partial charge in [0.25, 0.3) is 5.91 Å². The Kier molecular flexibility index (Phi) is 3.99. The van der Waals surface area contributed by atoms with Gasteiger partial charge in [0, 0.05) is 0 Å². The molecule has 1 saturated heterocycles. The number of hydrogen-bond donors (Lipinski definition) is 5. The predicted molar refractivity (Wildman–Crippen MR) is 63.4 cm³/mol. The number of nitrogens with one attached hydrogen (secondary N) is 1. The maximum absolute atomic E-state index is 11.4. The summed E-state index contributed by atoms with van der Waals surface area (Å²) in [6.45, 7) is -0.240. The number of nitrogens with zero attached hydrogens (tertiary/aromatic N) is 2. The zero-order valence-corrected chi connectivity index (χ0v) is 10.2. The zero-order valence-electron chi connectivity index (χ0n) is 10.2. The van der Waals surface area contributed by atoms with E-state index in [1.54, 1.807) is 0 Å². The second-order valence-corrected chi connectivity index (χ2v) is 4.25. The number of aliphatic hydroxyl groups is 3. The summed E-state index contributed by atoms with van der Waals surface area (Å²) in [4.78, 5) is 25.6. The quantitative estimate of drug-likeness (QED) is 0.372. The first-order chi connectivity index (χ1) is 9.47. The van der Waals surface area contributed by atoms with E-state index < -0.39 is 30.4 Å². The maximum atomic E-state index is 11.4. The molecule has 1 aliphatic rings. The monoisotopic (exact) mass is 286 g/mol. The molecule has 2 amide bonds. The van der Waals surface area contributed by atoms with Crippen LogP contribution in [0.25, 0.3) is 0 Å². The van der Waals surface area contributed by atoms with E-state index in [0.29, 0.717) is 6.41 Å². The van der Waals surface area contributed by atoms with Crippen molar-refractivity contribution in [3.8, 4) is 0 Å². The number of amides is 2. The standard InChI is InChI=1S/C10H14N4O6/c11-8(19)5-9(13-3-15)12-2-14(5)10-7(18)6(17)4(16)1-20-10/h2-4,6-7,10,16-18H,1H2,(H2,11,19)(H,13,15)/t4-,6-,7-,10-/m1/s1. The van der Waals surface area contributed by atoms with Crippen LogP contribution in [0.5, 0.6) is 0 Å². The molecule has 2 rings (SSSR count). The van der Waals surface area contributed by atoms with Crippen molar-refractivity contribution in [1.29, 1.82) is 0 Å². The molecule has 110 valence electrons. The smallest absolute Gasteiger partial charge is 0.269 e. The van der Waals surface area contributed by atoms with Crippen molar-refractivity contribution < 1.29 is 29.6 Å². The van der Waals surface area contributed by atoms with E-state index in [-0.39, 0.29) is 18.1 Å². The molecule has 10 heteroatoms. The fraction of sp³-hybridized carbons (Fsp3) is 0.500. The third kappa shape index (κ3) is 2.36. The van der Waals surface area contributed by atoms with E-state index in [0.717, 1.165) is 10.9 Å². The molecule has 0 aliphatic carbocycles. The summed E-state index contributed by atoms with van der Waals surface area (Å²) in [6, 6.07) is 0. The van der Waals surface area contributed by atoms with E-state index in [1.165, 1.54) is 0 Å². The summed E-state index contributed by atoms with van der Waals surface area (Å²) in [6.07, 6.45) is -3.89. The van der Waals surface area contributed by atoms with Crippen molar-refractivity contribution in [2.75, 3.05) is 11.9 Å². The summed E-state index contributed by atoms with van der Waals surface area (Å²) in [7, 11) is 0. The number of carbonyl (C=O) groups excluding carboxylic acids is 2. The average Bonchev–Trinajstić information content (AvgIpc) is 2.80.